The van der Waals surface area contributed by atoms with Crippen molar-refractivity contribution in [2.24, 2.45) is 0 Å². The molecule has 1 heterocycles. The Hall–Kier alpha value is -1.15. The van der Waals surface area contributed by atoms with Crippen LogP contribution in [0, 0.1) is 0 Å². The fourth-order valence-corrected chi connectivity index (χ4v) is 5.00. The average molecular weight is 245 g/mol. The van der Waals surface area contributed by atoms with Crippen molar-refractivity contribution in [2.75, 3.05) is 18.6 Å². The lowest BCUT2D eigenvalue weighted by atomic mass is 10.1. The topological polar surface area (TPSA) is 9.23 Å². The third-order valence-corrected chi connectivity index (χ3v) is 5.90. The fraction of sp³-hybridized carbons (Fsp3) is 0.333. The molecule has 0 atom stereocenters. The fourth-order valence-electron chi connectivity index (χ4n) is 2.54. The zero-order chi connectivity index (χ0) is 11.7. The molecule has 1 fully saturated rings. The van der Waals surface area contributed by atoms with E-state index >= 15 is 0 Å². The molecule has 88 valence electrons. The van der Waals surface area contributed by atoms with E-state index in [9.17, 15) is 0 Å². The molecule has 0 saturated carbocycles. The zero-order valence-electron chi connectivity index (χ0n) is 10.1. The van der Waals surface area contributed by atoms with E-state index in [2.05, 4.69) is 36.4 Å². The van der Waals surface area contributed by atoms with Gasteiger partial charge in [0.1, 0.15) is 11.5 Å². The Morgan fingerprint density at radius 2 is 1.76 bits per heavy atom. The monoisotopic (exact) mass is 245 g/mol. The Bertz CT molecular complexity index is 529. The first-order valence-electron chi connectivity index (χ1n) is 6.13. The van der Waals surface area contributed by atoms with Crippen molar-refractivity contribution in [1.29, 1.82) is 0 Å². The van der Waals surface area contributed by atoms with E-state index < -0.39 is 0 Å². The summed E-state index contributed by atoms with van der Waals surface area (Å²) < 4.78 is 5.68. The summed E-state index contributed by atoms with van der Waals surface area (Å²) in [7, 11) is 2.21. The lowest BCUT2D eigenvalue weighted by Gasteiger charge is -2.10. The lowest BCUT2D eigenvalue weighted by Crippen LogP contribution is -2.06. The van der Waals surface area contributed by atoms with Gasteiger partial charge in [-0.25, -0.2) is 0 Å². The van der Waals surface area contributed by atoms with Crippen LogP contribution in [-0.2, 0) is 10.9 Å². The van der Waals surface area contributed by atoms with Crippen LogP contribution in [0.2, 0.25) is 0 Å². The molecule has 0 amide bonds. The number of hydrogen-bond acceptors (Lipinski definition) is 1. The number of fused-ring (bicyclic) bond motifs is 1. The summed E-state index contributed by atoms with van der Waals surface area (Å²) in [5.74, 6) is 3.79. The minimum atomic E-state index is 0.417. The second-order valence-corrected chi connectivity index (χ2v) is 6.67. The number of hydrogen-bond donors (Lipinski definition) is 0. The molecule has 17 heavy (non-hydrogen) atoms. The second kappa shape index (κ2) is 4.61. The Morgan fingerprint density at radius 1 is 1.00 bits per heavy atom. The van der Waals surface area contributed by atoms with Crippen LogP contribution in [-0.4, -0.2) is 18.6 Å². The van der Waals surface area contributed by atoms with Gasteiger partial charge in [0.2, 0.25) is 0 Å². The maximum Gasteiger partial charge on any atom is 0.197 e. The SMILES string of the molecule is COc1c([S+]2CCCC2)ccc2ccccc12. The van der Waals surface area contributed by atoms with Crippen molar-refractivity contribution in [3.63, 3.8) is 0 Å². The van der Waals surface area contributed by atoms with Crippen molar-refractivity contribution >= 4 is 21.7 Å². The van der Waals surface area contributed by atoms with E-state index in [0.29, 0.717) is 10.9 Å². The molecule has 0 aromatic heterocycles. The highest BCUT2D eigenvalue weighted by Crippen LogP contribution is 2.36. The first-order valence-corrected chi connectivity index (χ1v) is 7.69. The van der Waals surface area contributed by atoms with Gasteiger partial charge in [0.15, 0.2) is 10.6 Å². The smallest absolute Gasteiger partial charge is 0.197 e. The number of rotatable bonds is 2. The largest absolute Gasteiger partial charge is 0.491 e. The molecule has 2 heteroatoms. The lowest BCUT2D eigenvalue weighted by molar-refractivity contribution is 0.410. The van der Waals surface area contributed by atoms with Gasteiger partial charge in [0.05, 0.1) is 7.11 Å². The first-order chi connectivity index (χ1) is 8.40. The predicted molar refractivity (Wildman–Crippen MR) is 75.1 cm³/mol. The number of ether oxygens (including phenoxy) is 1. The van der Waals surface area contributed by atoms with Crippen LogP contribution >= 0.6 is 0 Å². The minimum Gasteiger partial charge on any atom is -0.491 e. The van der Waals surface area contributed by atoms with Crippen LogP contribution in [0.5, 0.6) is 5.75 Å². The third-order valence-electron chi connectivity index (χ3n) is 3.39. The van der Waals surface area contributed by atoms with Crippen LogP contribution in [0.25, 0.3) is 10.8 Å². The molecule has 0 unspecified atom stereocenters. The molecule has 1 aliphatic rings. The number of benzene rings is 2. The van der Waals surface area contributed by atoms with Crippen LogP contribution in [0.15, 0.2) is 41.3 Å². The summed E-state index contributed by atoms with van der Waals surface area (Å²) in [4.78, 5) is 1.43. The van der Waals surface area contributed by atoms with E-state index in [1.807, 2.05) is 0 Å². The summed E-state index contributed by atoms with van der Waals surface area (Å²) in [6.07, 6.45) is 2.75. The second-order valence-electron chi connectivity index (χ2n) is 4.43. The molecule has 3 rings (SSSR count). The van der Waals surface area contributed by atoms with Crippen molar-refractivity contribution in [2.45, 2.75) is 17.7 Å². The van der Waals surface area contributed by atoms with Gasteiger partial charge >= 0.3 is 0 Å². The van der Waals surface area contributed by atoms with Gasteiger partial charge < -0.3 is 4.74 Å². The van der Waals surface area contributed by atoms with Crippen molar-refractivity contribution < 1.29 is 4.74 Å². The van der Waals surface area contributed by atoms with Gasteiger partial charge in [-0.15, -0.1) is 0 Å². The molecule has 2 aromatic rings. The highest BCUT2D eigenvalue weighted by Gasteiger charge is 2.30. The van der Waals surface area contributed by atoms with Crippen LogP contribution < -0.4 is 4.74 Å². The molecule has 0 spiro atoms. The summed E-state index contributed by atoms with van der Waals surface area (Å²) in [6.45, 7) is 0. The Labute approximate surface area is 105 Å². The van der Waals surface area contributed by atoms with Crippen LogP contribution in [0.3, 0.4) is 0 Å². The van der Waals surface area contributed by atoms with E-state index in [0.717, 1.165) is 5.75 Å². The van der Waals surface area contributed by atoms with E-state index in [4.69, 9.17) is 4.74 Å². The summed E-state index contributed by atoms with van der Waals surface area (Å²) in [5, 5.41) is 2.53. The summed E-state index contributed by atoms with van der Waals surface area (Å²) in [5.41, 5.74) is 0. The van der Waals surface area contributed by atoms with Gasteiger partial charge in [0, 0.05) is 16.3 Å². The van der Waals surface area contributed by atoms with E-state index in [1.54, 1.807) is 7.11 Å². The molecule has 0 bridgehead atoms. The minimum absolute atomic E-state index is 0.417. The van der Waals surface area contributed by atoms with Crippen LogP contribution in [0.4, 0.5) is 0 Å². The first kappa shape index (κ1) is 11.0. The maximum atomic E-state index is 5.68. The summed E-state index contributed by atoms with van der Waals surface area (Å²) in [6, 6.07) is 13.0. The third kappa shape index (κ3) is 1.91. The normalized spacial score (nSPS) is 16.5. The Balaban J connectivity index is 2.17. The van der Waals surface area contributed by atoms with E-state index in [-0.39, 0.29) is 0 Å². The van der Waals surface area contributed by atoms with Gasteiger partial charge in [-0.1, -0.05) is 24.3 Å². The molecule has 0 radical (unpaired) electrons. The predicted octanol–water partition coefficient (Wildman–Crippen LogP) is 3.62. The molecule has 1 saturated heterocycles. The molecule has 1 nitrogen and oxygen atoms in total. The molecule has 1 aliphatic heterocycles. The quantitative estimate of drug-likeness (QED) is 0.734. The van der Waals surface area contributed by atoms with Crippen molar-refractivity contribution in [3.05, 3.63) is 36.4 Å². The van der Waals surface area contributed by atoms with Crippen LogP contribution in [0.1, 0.15) is 12.8 Å². The molecule has 0 aliphatic carbocycles. The highest BCUT2D eigenvalue weighted by molar-refractivity contribution is 7.97. The Kier molecular flexibility index (Phi) is 2.98. The zero-order valence-corrected chi connectivity index (χ0v) is 10.9. The Morgan fingerprint density at radius 3 is 2.53 bits per heavy atom. The van der Waals surface area contributed by atoms with E-state index in [1.165, 1.54) is 40.0 Å². The number of methoxy groups -OCH3 is 1. The van der Waals surface area contributed by atoms with Gasteiger partial charge in [-0.05, 0) is 30.4 Å². The molecular formula is C15H17OS+. The standard InChI is InChI=1S/C15H17OS/c1-16-15-13-7-3-2-6-12(13)8-9-14(15)17-10-4-5-11-17/h2-3,6-9H,4-5,10-11H2,1H3/q+1. The average Bonchev–Trinajstić information content (AvgIpc) is 2.91. The van der Waals surface area contributed by atoms with Crippen molar-refractivity contribution in [3.8, 4) is 5.75 Å². The van der Waals surface area contributed by atoms with Gasteiger partial charge in [-0.3, -0.25) is 0 Å². The summed E-state index contributed by atoms with van der Waals surface area (Å²) >= 11 is 0. The highest BCUT2D eigenvalue weighted by atomic mass is 32.2. The molecule has 2 aromatic carbocycles. The maximum absolute atomic E-state index is 5.68. The van der Waals surface area contributed by atoms with Gasteiger partial charge in [-0.2, -0.15) is 0 Å². The molecule has 0 N–H and O–H groups in total. The van der Waals surface area contributed by atoms with Gasteiger partial charge in [0.25, 0.3) is 0 Å². The molecular weight excluding hydrogens is 228 g/mol. The van der Waals surface area contributed by atoms with Crippen molar-refractivity contribution in [1.82, 2.24) is 0 Å².